The summed E-state index contributed by atoms with van der Waals surface area (Å²) in [6.07, 6.45) is -2.02. The van der Waals surface area contributed by atoms with E-state index in [2.05, 4.69) is 10.4 Å². The summed E-state index contributed by atoms with van der Waals surface area (Å²) in [5.74, 6) is 0.465. The summed E-state index contributed by atoms with van der Waals surface area (Å²) in [7, 11) is 1.56. The molecule has 0 radical (unpaired) electrons. The molecular weight excluding hydrogens is 414 g/mol. The molecule has 0 aliphatic heterocycles. The van der Waals surface area contributed by atoms with E-state index in [0.29, 0.717) is 30.1 Å². The second kappa shape index (κ2) is 10.7. The Bertz CT molecular complexity index is 960. The summed E-state index contributed by atoms with van der Waals surface area (Å²) in [5, 5.41) is 6.79. The number of ether oxygens (including phenoxy) is 1. The van der Waals surface area contributed by atoms with Crippen LogP contribution in [-0.4, -0.2) is 35.9 Å². The van der Waals surface area contributed by atoms with Gasteiger partial charge in [0.25, 0.3) is 6.43 Å². The van der Waals surface area contributed by atoms with E-state index in [4.69, 9.17) is 10.5 Å². The molecule has 0 spiro atoms. The number of carbonyl (C=O) groups is 1. The number of amides is 1. The first kappa shape index (κ1) is 23.3. The highest BCUT2D eigenvalue weighted by Crippen LogP contribution is 2.29. The van der Waals surface area contributed by atoms with Crippen LogP contribution in [0.3, 0.4) is 0 Å². The van der Waals surface area contributed by atoms with E-state index < -0.39 is 6.43 Å². The zero-order chi connectivity index (χ0) is 20.8. The SMILES string of the molecule is COc1ccc(-n2nc(C(F)F)cc2-c2ccc(CCNC(=O)CN)cc2)cc1.Cl. The molecule has 0 bridgehead atoms. The van der Waals surface area contributed by atoms with Crippen molar-refractivity contribution in [3.8, 4) is 22.7 Å². The van der Waals surface area contributed by atoms with E-state index in [1.807, 2.05) is 24.3 Å². The molecule has 1 aromatic heterocycles. The number of nitrogens with one attached hydrogen (secondary N) is 1. The molecule has 0 aliphatic rings. The van der Waals surface area contributed by atoms with E-state index in [-0.39, 0.29) is 30.6 Å². The monoisotopic (exact) mass is 436 g/mol. The highest BCUT2D eigenvalue weighted by atomic mass is 35.5. The van der Waals surface area contributed by atoms with Crippen molar-refractivity contribution >= 4 is 18.3 Å². The fourth-order valence-electron chi connectivity index (χ4n) is 2.89. The molecule has 0 saturated heterocycles. The Morgan fingerprint density at radius 3 is 2.40 bits per heavy atom. The van der Waals surface area contributed by atoms with Crippen molar-refractivity contribution in [2.75, 3.05) is 20.2 Å². The van der Waals surface area contributed by atoms with E-state index in [1.165, 1.54) is 10.7 Å². The molecule has 3 N–H and O–H groups in total. The highest BCUT2D eigenvalue weighted by molar-refractivity contribution is 5.85. The number of nitrogens with zero attached hydrogens (tertiary/aromatic N) is 2. The van der Waals surface area contributed by atoms with Crippen molar-refractivity contribution < 1.29 is 18.3 Å². The summed E-state index contributed by atoms with van der Waals surface area (Å²) in [6.45, 7) is 0.440. The Balaban J connectivity index is 0.00000320. The van der Waals surface area contributed by atoms with Crippen molar-refractivity contribution in [1.29, 1.82) is 0 Å². The number of hydrogen-bond acceptors (Lipinski definition) is 4. The molecule has 0 atom stereocenters. The molecule has 3 aromatic rings. The van der Waals surface area contributed by atoms with Gasteiger partial charge in [0.05, 0.1) is 25.0 Å². The van der Waals surface area contributed by atoms with E-state index in [1.54, 1.807) is 31.4 Å². The number of benzene rings is 2. The van der Waals surface area contributed by atoms with E-state index in [0.717, 1.165) is 11.1 Å². The summed E-state index contributed by atoms with van der Waals surface area (Å²) >= 11 is 0. The van der Waals surface area contributed by atoms with Crippen LogP contribution in [0.4, 0.5) is 8.78 Å². The first-order valence-electron chi connectivity index (χ1n) is 9.10. The van der Waals surface area contributed by atoms with Crippen LogP contribution in [0.15, 0.2) is 54.6 Å². The maximum atomic E-state index is 13.3. The Kier molecular flexibility index (Phi) is 8.32. The number of hydrogen-bond donors (Lipinski definition) is 2. The lowest BCUT2D eigenvalue weighted by atomic mass is 10.1. The summed E-state index contributed by atoms with van der Waals surface area (Å²) in [6, 6.07) is 15.9. The van der Waals surface area contributed by atoms with Gasteiger partial charge in [-0.25, -0.2) is 13.5 Å². The second-order valence-electron chi connectivity index (χ2n) is 6.37. The van der Waals surface area contributed by atoms with Crippen LogP contribution in [0.1, 0.15) is 17.7 Å². The fourth-order valence-corrected chi connectivity index (χ4v) is 2.89. The fraction of sp³-hybridized carbons (Fsp3) is 0.238. The lowest BCUT2D eigenvalue weighted by Gasteiger charge is -2.09. The van der Waals surface area contributed by atoms with Gasteiger partial charge in [-0.05, 0) is 42.3 Å². The molecule has 1 heterocycles. The minimum Gasteiger partial charge on any atom is -0.497 e. The molecule has 1 amide bonds. The van der Waals surface area contributed by atoms with Crippen LogP contribution in [0, 0.1) is 0 Å². The van der Waals surface area contributed by atoms with Crippen LogP contribution < -0.4 is 15.8 Å². The van der Waals surface area contributed by atoms with E-state index >= 15 is 0 Å². The van der Waals surface area contributed by atoms with Gasteiger partial charge in [-0.2, -0.15) is 5.10 Å². The average molecular weight is 437 g/mol. The van der Waals surface area contributed by atoms with Crippen LogP contribution in [0.5, 0.6) is 5.75 Å². The molecule has 160 valence electrons. The van der Waals surface area contributed by atoms with Gasteiger partial charge in [0.1, 0.15) is 11.4 Å². The number of aromatic nitrogens is 2. The summed E-state index contributed by atoms with van der Waals surface area (Å²) < 4.78 is 33.2. The van der Waals surface area contributed by atoms with Gasteiger partial charge in [-0.3, -0.25) is 4.79 Å². The quantitative estimate of drug-likeness (QED) is 0.566. The molecule has 9 heteroatoms. The molecular formula is C21H23ClF2N4O2. The number of nitrogens with two attached hydrogens (primary N) is 1. The second-order valence-corrected chi connectivity index (χ2v) is 6.37. The van der Waals surface area contributed by atoms with Crippen LogP contribution >= 0.6 is 12.4 Å². The molecule has 6 nitrogen and oxygen atoms in total. The predicted molar refractivity (Wildman–Crippen MR) is 114 cm³/mol. The summed E-state index contributed by atoms with van der Waals surface area (Å²) in [5.41, 5.74) is 7.96. The smallest absolute Gasteiger partial charge is 0.282 e. The van der Waals surface area contributed by atoms with Crippen LogP contribution in [0.2, 0.25) is 0 Å². The third kappa shape index (κ3) is 5.55. The number of halogens is 3. The molecule has 2 aromatic carbocycles. The highest BCUT2D eigenvalue weighted by Gasteiger charge is 2.18. The van der Waals surface area contributed by atoms with Gasteiger partial charge < -0.3 is 15.8 Å². The molecule has 0 aliphatic carbocycles. The Morgan fingerprint density at radius 2 is 1.83 bits per heavy atom. The topological polar surface area (TPSA) is 82.2 Å². The first-order chi connectivity index (χ1) is 14.0. The van der Waals surface area contributed by atoms with Crippen LogP contribution in [0.25, 0.3) is 16.9 Å². The van der Waals surface area contributed by atoms with Gasteiger partial charge in [-0.15, -0.1) is 12.4 Å². The Labute approximate surface area is 179 Å². The number of rotatable bonds is 8. The zero-order valence-corrected chi connectivity index (χ0v) is 17.2. The van der Waals surface area contributed by atoms with Crippen molar-refractivity contribution in [2.45, 2.75) is 12.8 Å². The van der Waals surface area contributed by atoms with Gasteiger partial charge >= 0.3 is 0 Å². The lowest BCUT2D eigenvalue weighted by molar-refractivity contribution is -0.119. The molecule has 0 saturated carbocycles. The minimum absolute atomic E-state index is 0. The maximum Gasteiger partial charge on any atom is 0.282 e. The van der Waals surface area contributed by atoms with Gasteiger partial charge in [0, 0.05) is 12.1 Å². The number of carbonyl (C=O) groups excluding carboxylic acids is 1. The van der Waals surface area contributed by atoms with Gasteiger partial charge in [0.15, 0.2) is 0 Å². The van der Waals surface area contributed by atoms with Crippen molar-refractivity contribution in [1.82, 2.24) is 15.1 Å². The normalized spacial score (nSPS) is 10.6. The third-order valence-electron chi connectivity index (χ3n) is 4.44. The maximum absolute atomic E-state index is 13.3. The van der Waals surface area contributed by atoms with Gasteiger partial charge in [-0.1, -0.05) is 24.3 Å². The number of methoxy groups -OCH3 is 1. The predicted octanol–water partition coefficient (Wildman–Crippen LogP) is 3.52. The standard InChI is InChI=1S/C21H22F2N4O2.ClH/c1-29-17-8-6-16(7-9-17)27-19(12-18(26-27)21(22)23)15-4-2-14(3-5-15)10-11-25-20(28)13-24;/h2-9,12,21H,10-11,13,24H2,1H3,(H,25,28);1H. The number of alkyl halides is 2. The zero-order valence-electron chi connectivity index (χ0n) is 16.3. The largest absolute Gasteiger partial charge is 0.497 e. The van der Waals surface area contributed by atoms with Crippen molar-refractivity contribution in [3.63, 3.8) is 0 Å². The Morgan fingerprint density at radius 1 is 1.17 bits per heavy atom. The summed E-state index contributed by atoms with van der Waals surface area (Å²) in [4.78, 5) is 11.2. The van der Waals surface area contributed by atoms with E-state index in [9.17, 15) is 13.6 Å². The average Bonchev–Trinajstić information content (AvgIpc) is 3.20. The van der Waals surface area contributed by atoms with Crippen molar-refractivity contribution in [2.24, 2.45) is 5.73 Å². The van der Waals surface area contributed by atoms with Crippen LogP contribution in [-0.2, 0) is 11.2 Å². The van der Waals surface area contributed by atoms with Crippen molar-refractivity contribution in [3.05, 3.63) is 65.9 Å². The van der Waals surface area contributed by atoms with Gasteiger partial charge in [0.2, 0.25) is 5.91 Å². The minimum atomic E-state index is -2.67. The first-order valence-corrected chi connectivity index (χ1v) is 9.10. The lowest BCUT2D eigenvalue weighted by Crippen LogP contribution is -2.31. The third-order valence-corrected chi connectivity index (χ3v) is 4.44. The molecule has 3 rings (SSSR count). The molecule has 0 fully saturated rings. The Hall–Kier alpha value is -2.97. The molecule has 30 heavy (non-hydrogen) atoms. The molecule has 0 unspecified atom stereocenters.